The van der Waals surface area contributed by atoms with Crippen molar-refractivity contribution in [2.24, 2.45) is 4.99 Å². The Bertz CT molecular complexity index is 780. The van der Waals surface area contributed by atoms with Gasteiger partial charge in [-0.1, -0.05) is 6.07 Å². The van der Waals surface area contributed by atoms with Crippen molar-refractivity contribution in [2.75, 3.05) is 52.9 Å². The quantitative estimate of drug-likeness (QED) is 0.579. The molecule has 7 nitrogen and oxygen atoms in total. The number of phenols is 1. The summed E-state index contributed by atoms with van der Waals surface area (Å²) in [7, 11) is 1.81. The van der Waals surface area contributed by atoms with Crippen LogP contribution < -0.4 is 5.32 Å². The van der Waals surface area contributed by atoms with Gasteiger partial charge >= 0.3 is 0 Å². The van der Waals surface area contributed by atoms with Crippen LogP contribution >= 0.6 is 0 Å². The molecule has 3 aliphatic rings. The van der Waals surface area contributed by atoms with Gasteiger partial charge in [-0.05, 0) is 55.7 Å². The van der Waals surface area contributed by atoms with E-state index in [1.165, 1.54) is 24.0 Å². The number of carbonyl (C=O) groups is 1. The second-order valence-corrected chi connectivity index (χ2v) is 8.66. The number of nitrogens with one attached hydrogen (secondary N) is 1. The van der Waals surface area contributed by atoms with E-state index < -0.39 is 0 Å². The molecule has 0 radical (unpaired) electrons. The van der Waals surface area contributed by atoms with E-state index >= 15 is 0 Å². The molecule has 2 heterocycles. The lowest BCUT2D eigenvalue weighted by Gasteiger charge is -2.36. The van der Waals surface area contributed by atoms with Gasteiger partial charge in [-0.2, -0.15) is 0 Å². The first-order valence-electron chi connectivity index (χ1n) is 11.4. The number of amides is 1. The highest BCUT2D eigenvalue weighted by Gasteiger charge is 2.25. The number of piperazine rings is 1. The summed E-state index contributed by atoms with van der Waals surface area (Å²) < 4.78 is 0. The predicted molar refractivity (Wildman–Crippen MR) is 119 cm³/mol. The number of hydrogen-bond acceptors (Lipinski definition) is 4. The number of benzene rings is 1. The Kier molecular flexibility index (Phi) is 6.77. The highest BCUT2D eigenvalue weighted by Crippen LogP contribution is 2.30. The van der Waals surface area contributed by atoms with E-state index in [2.05, 4.69) is 26.2 Å². The van der Waals surface area contributed by atoms with Gasteiger partial charge in [-0.15, -0.1) is 0 Å². The van der Waals surface area contributed by atoms with Crippen molar-refractivity contribution < 1.29 is 9.90 Å². The standard InChI is InChI=1S/C23H35N5O2/c1-24-23(25-16-20-19-7-3-2-6-18(19)8-9-21(20)29)28-14-12-26(13-15-28)17-22(30)27-10-4-5-11-27/h8-9,29H,2-7,10-17H2,1H3,(H,24,25). The van der Waals surface area contributed by atoms with Gasteiger partial charge in [0.25, 0.3) is 0 Å². The topological polar surface area (TPSA) is 71.4 Å². The van der Waals surface area contributed by atoms with E-state index in [0.717, 1.165) is 76.5 Å². The predicted octanol–water partition coefficient (Wildman–Crippen LogP) is 1.59. The first-order chi connectivity index (χ1) is 14.7. The molecule has 2 fully saturated rings. The van der Waals surface area contributed by atoms with Crippen molar-refractivity contribution in [2.45, 2.75) is 45.1 Å². The Balaban J connectivity index is 1.30. The molecule has 0 saturated carbocycles. The molecule has 0 aromatic heterocycles. The van der Waals surface area contributed by atoms with Crippen LogP contribution in [0.5, 0.6) is 5.75 Å². The fourth-order valence-electron chi connectivity index (χ4n) is 4.96. The zero-order valence-corrected chi connectivity index (χ0v) is 18.2. The Morgan fingerprint density at radius 3 is 2.47 bits per heavy atom. The highest BCUT2D eigenvalue weighted by atomic mass is 16.3. The normalized spacial score (nSPS) is 20.4. The Morgan fingerprint density at radius 1 is 1.00 bits per heavy atom. The fourth-order valence-corrected chi connectivity index (χ4v) is 4.96. The zero-order valence-electron chi connectivity index (χ0n) is 18.2. The summed E-state index contributed by atoms with van der Waals surface area (Å²) in [5.41, 5.74) is 3.71. The van der Waals surface area contributed by atoms with Crippen molar-refractivity contribution in [1.29, 1.82) is 0 Å². The van der Waals surface area contributed by atoms with Crippen molar-refractivity contribution in [1.82, 2.24) is 20.0 Å². The number of fused-ring (bicyclic) bond motifs is 1. The molecule has 1 aromatic carbocycles. The van der Waals surface area contributed by atoms with Gasteiger partial charge in [-0.25, -0.2) is 0 Å². The molecule has 7 heteroatoms. The second-order valence-electron chi connectivity index (χ2n) is 8.66. The van der Waals surface area contributed by atoms with E-state index in [1.807, 2.05) is 18.0 Å². The maximum Gasteiger partial charge on any atom is 0.236 e. The maximum atomic E-state index is 12.4. The van der Waals surface area contributed by atoms with E-state index in [4.69, 9.17) is 0 Å². The number of phenolic OH excluding ortho intramolecular Hbond substituents is 1. The molecular formula is C23H35N5O2. The van der Waals surface area contributed by atoms with Crippen LogP contribution in [0.15, 0.2) is 17.1 Å². The van der Waals surface area contributed by atoms with Crippen LogP contribution in [0.25, 0.3) is 0 Å². The van der Waals surface area contributed by atoms with E-state index in [-0.39, 0.29) is 5.91 Å². The zero-order chi connectivity index (χ0) is 20.9. The van der Waals surface area contributed by atoms with Gasteiger partial charge in [0.1, 0.15) is 5.75 Å². The van der Waals surface area contributed by atoms with Crippen LogP contribution in [0.4, 0.5) is 0 Å². The molecule has 0 spiro atoms. The van der Waals surface area contributed by atoms with Crippen LogP contribution in [0, 0.1) is 0 Å². The average Bonchev–Trinajstić information content (AvgIpc) is 3.31. The summed E-state index contributed by atoms with van der Waals surface area (Å²) in [5, 5.41) is 13.9. The third kappa shape index (κ3) is 4.72. The van der Waals surface area contributed by atoms with Gasteiger partial charge < -0.3 is 20.2 Å². The third-order valence-electron chi connectivity index (χ3n) is 6.75. The SMILES string of the molecule is CN=C(NCc1c(O)ccc2c1CCCC2)N1CCN(CC(=O)N2CCCC2)CC1. The summed E-state index contributed by atoms with van der Waals surface area (Å²) in [6.07, 6.45) is 6.86. The number of nitrogens with zero attached hydrogens (tertiary/aromatic N) is 4. The van der Waals surface area contributed by atoms with Crippen molar-refractivity contribution in [3.05, 3.63) is 28.8 Å². The average molecular weight is 414 g/mol. The molecule has 1 amide bonds. The lowest BCUT2D eigenvalue weighted by atomic mass is 9.88. The Morgan fingerprint density at radius 2 is 1.73 bits per heavy atom. The van der Waals surface area contributed by atoms with Gasteiger partial charge in [0, 0.05) is 58.4 Å². The van der Waals surface area contributed by atoms with Crippen LogP contribution in [0.2, 0.25) is 0 Å². The minimum Gasteiger partial charge on any atom is -0.508 e. The minimum atomic E-state index is 0.271. The van der Waals surface area contributed by atoms with Gasteiger partial charge in [0.05, 0.1) is 6.54 Å². The smallest absolute Gasteiger partial charge is 0.236 e. The molecule has 1 aromatic rings. The van der Waals surface area contributed by atoms with Gasteiger partial charge in [0.2, 0.25) is 5.91 Å². The summed E-state index contributed by atoms with van der Waals surface area (Å²) >= 11 is 0. The number of guanidine groups is 1. The number of aliphatic imine (C=N–C) groups is 1. The van der Waals surface area contributed by atoms with Crippen molar-refractivity contribution >= 4 is 11.9 Å². The molecule has 4 rings (SSSR count). The molecule has 2 aliphatic heterocycles. The molecule has 30 heavy (non-hydrogen) atoms. The van der Waals surface area contributed by atoms with Crippen LogP contribution in [-0.2, 0) is 24.2 Å². The van der Waals surface area contributed by atoms with Gasteiger partial charge in [-0.3, -0.25) is 14.7 Å². The number of hydrogen-bond donors (Lipinski definition) is 2. The van der Waals surface area contributed by atoms with E-state index in [1.54, 1.807) is 0 Å². The maximum absolute atomic E-state index is 12.4. The molecule has 2 saturated heterocycles. The largest absolute Gasteiger partial charge is 0.508 e. The summed E-state index contributed by atoms with van der Waals surface area (Å²) in [6.45, 7) is 6.41. The fraction of sp³-hybridized carbons (Fsp3) is 0.652. The molecule has 0 bridgehead atoms. The summed E-state index contributed by atoms with van der Waals surface area (Å²) in [6, 6.07) is 3.91. The van der Waals surface area contributed by atoms with Crippen LogP contribution in [0.1, 0.15) is 42.4 Å². The summed E-state index contributed by atoms with van der Waals surface area (Å²) in [4.78, 5) is 23.4. The van der Waals surface area contributed by atoms with Crippen molar-refractivity contribution in [3.8, 4) is 5.75 Å². The van der Waals surface area contributed by atoms with Crippen LogP contribution in [0.3, 0.4) is 0 Å². The van der Waals surface area contributed by atoms with E-state index in [9.17, 15) is 9.90 Å². The van der Waals surface area contributed by atoms with Crippen LogP contribution in [-0.4, -0.2) is 84.5 Å². The Labute approximate surface area is 179 Å². The number of carbonyl (C=O) groups excluding carboxylic acids is 1. The molecule has 2 N–H and O–H groups in total. The van der Waals surface area contributed by atoms with Crippen molar-refractivity contribution in [3.63, 3.8) is 0 Å². The number of aromatic hydroxyl groups is 1. The minimum absolute atomic E-state index is 0.271. The highest BCUT2D eigenvalue weighted by molar-refractivity contribution is 5.80. The number of likely N-dealkylation sites (tertiary alicyclic amines) is 1. The first-order valence-corrected chi connectivity index (χ1v) is 11.4. The lowest BCUT2D eigenvalue weighted by molar-refractivity contribution is -0.131. The Hall–Kier alpha value is -2.28. The molecule has 0 unspecified atom stereocenters. The monoisotopic (exact) mass is 413 g/mol. The molecule has 164 valence electrons. The number of aryl methyl sites for hydroxylation is 1. The summed E-state index contributed by atoms with van der Waals surface area (Å²) in [5.74, 6) is 1.52. The first kappa shape index (κ1) is 21.0. The van der Waals surface area contributed by atoms with Gasteiger partial charge in [0.15, 0.2) is 5.96 Å². The molecular weight excluding hydrogens is 378 g/mol. The molecule has 1 aliphatic carbocycles. The van der Waals surface area contributed by atoms with E-state index in [0.29, 0.717) is 18.8 Å². The lowest BCUT2D eigenvalue weighted by Crippen LogP contribution is -2.54. The third-order valence-corrected chi connectivity index (χ3v) is 6.75. The molecule has 0 atom stereocenters. The second kappa shape index (κ2) is 9.69. The number of rotatable bonds is 4.